The zero-order chi connectivity index (χ0) is 28.1. The topological polar surface area (TPSA) is 91.7 Å². The first-order valence-electron chi connectivity index (χ1n) is 12.4. The fraction of sp³-hybridized carbons (Fsp3) is 0.233. The van der Waals surface area contributed by atoms with E-state index < -0.39 is 11.8 Å². The van der Waals surface area contributed by atoms with E-state index in [-0.39, 0.29) is 17.7 Å². The molecule has 4 rings (SSSR count). The Hall–Kier alpha value is -4.66. The summed E-state index contributed by atoms with van der Waals surface area (Å²) in [5, 5.41) is 7.66. The van der Waals surface area contributed by atoms with Crippen molar-refractivity contribution in [2.24, 2.45) is 5.92 Å². The maximum Gasteiger partial charge on any atom is 0.309 e. The summed E-state index contributed by atoms with van der Waals surface area (Å²) in [6.45, 7) is 5.24. The summed E-state index contributed by atoms with van der Waals surface area (Å²) in [7, 11) is 3.09. The number of nitrogens with one attached hydrogen (secondary N) is 1. The van der Waals surface area contributed by atoms with Crippen LogP contribution in [0.1, 0.15) is 27.2 Å². The van der Waals surface area contributed by atoms with Gasteiger partial charge in [0.1, 0.15) is 23.0 Å². The van der Waals surface area contributed by atoms with Crippen molar-refractivity contribution in [2.75, 3.05) is 19.5 Å². The largest absolute Gasteiger partial charge is 0.497 e. The third kappa shape index (κ3) is 6.26. The van der Waals surface area contributed by atoms with Gasteiger partial charge < -0.3 is 19.5 Å². The molecule has 0 spiro atoms. The molecule has 0 bridgehead atoms. The Morgan fingerprint density at radius 1 is 1.00 bits per heavy atom. The van der Waals surface area contributed by atoms with Crippen LogP contribution < -0.4 is 19.5 Å². The molecule has 3 aromatic carbocycles. The first-order chi connectivity index (χ1) is 18.7. The lowest BCUT2D eigenvalue weighted by Gasteiger charge is -2.12. The quantitative estimate of drug-likeness (QED) is 0.256. The van der Waals surface area contributed by atoms with E-state index in [4.69, 9.17) is 19.3 Å². The van der Waals surface area contributed by atoms with Crippen molar-refractivity contribution in [1.82, 2.24) is 9.78 Å². The average Bonchev–Trinajstić information content (AvgIpc) is 3.26. The van der Waals surface area contributed by atoms with Crippen molar-refractivity contribution >= 4 is 17.6 Å². The highest BCUT2D eigenvalue weighted by Crippen LogP contribution is 2.44. The molecule has 9 heteroatoms. The highest BCUT2D eigenvalue weighted by atomic mass is 19.1. The van der Waals surface area contributed by atoms with Crippen LogP contribution in [-0.4, -0.2) is 35.9 Å². The van der Waals surface area contributed by atoms with E-state index >= 15 is 0 Å². The smallest absolute Gasteiger partial charge is 0.309 e. The van der Waals surface area contributed by atoms with Crippen LogP contribution in [0.3, 0.4) is 0 Å². The lowest BCUT2D eigenvalue weighted by atomic mass is 10.00. The van der Waals surface area contributed by atoms with E-state index in [0.717, 1.165) is 0 Å². The van der Waals surface area contributed by atoms with Crippen molar-refractivity contribution < 1.29 is 28.2 Å². The SMILES string of the molecule is COc1ccc(-c2nn(-c3cccc(F)c3)c(OC(C)=O)c2-c2ccc(NC(=O)CC(C)C)cc2)c(OC)c1. The van der Waals surface area contributed by atoms with Gasteiger partial charge in [-0.15, -0.1) is 0 Å². The predicted octanol–water partition coefficient (Wildman–Crippen LogP) is 6.27. The molecule has 0 radical (unpaired) electrons. The lowest BCUT2D eigenvalue weighted by molar-refractivity contribution is -0.132. The standard InChI is InChI=1S/C30H30FN3O5/c1-18(2)15-27(36)32-22-11-9-20(10-12-22)28-29(25-14-13-24(37-4)17-26(25)38-5)33-34(30(28)39-19(3)35)23-8-6-7-21(31)16-23/h6-14,16-18H,15H2,1-5H3,(H,32,36). The normalized spacial score (nSPS) is 10.8. The minimum absolute atomic E-state index is 0.0825. The fourth-order valence-corrected chi connectivity index (χ4v) is 4.16. The van der Waals surface area contributed by atoms with E-state index in [9.17, 15) is 14.0 Å². The zero-order valence-corrected chi connectivity index (χ0v) is 22.4. The molecular formula is C30H30FN3O5. The molecule has 0 unspecified atom stereocenters. The molecule has 1 amide bonds. The monoisotopic (exact) mass is 531 g/mol. The Morgan fingerprint density at radius 2 is 1.74 bits per heavy atom. The number of esters is 1. The highest BCUT2D eigenvalue weighted by molar-refractivity contribution is 5.92. The molecule has 0 aliphatic rings. The van der Waals surface area contributed by atoms with Crippen LogP contribution in [0.25, 0.3) is 28.1 Å². The van der Waals surface area contributed by atoms with E-state index in [2.05, 4.69) is 5.32 Å². The van der Waals surface area contributed by atoms with Gasteiger partial charge in [0.05, 0.1) is 25.5 Å². The Balaban J connectivity index is 1.93. The molecule has 0 fully saturated rings. The van der Waals surface area contributed by atoms with E-state index in [0.29, 0.717) is 51.7 Å². The van der Waals surface area contributed by atoms with Crippen LogP contribution in [0.15, 0.2) is 66.7 Å². The highest BCUT2D eigenvalue weighted by Gasteiger charge is 2.26. The van der Waals surface area contributed by atoms with E-state index in [1.807, 2.05) is 13.8 Å². The average molecular weight is 532 g/mol. The minimum Gasteiger partial charge on any atom is -0.497 e. The second-order valence-electron chi connectivity index (χ2n) is 9.30. The maximum absolute atomic E-state index is 14.2. The maximum atomic E-state index is 14.2. The number of anilines is 1. The molecule has 1 aromatic heterocycles. The number of ether oxygens (including phenoxy) is 3. The van der Waals surface area contributed by atoms with E-state index in [1.165, 1.54) is 30.8 Å². The third-order valence-electron chi connectivity index (χ3n) is 5.85. The van der Waals surface area contributed by atoms with Crippen molar-refractivity contribution in [2.45, 2.75) is 27.2 Å². The molecule has 8 nitrogen and oxygen atoms in total. The predicted molar refractivity (Wildman–Crippen MR) is 147 cm³/mol. The van der Waals surface area contributed by atoms with Crippen molar-refractivity contribution in [1.29, 1.82) is 0 Å². The summed E-state index contributed by atoms with van der Waals surface area (Å²) in [6.07, 6.45) is 0.403. The van der Waals surface area contributed by atoms with Gasteiger partial charge in [-0.1, -0.05) is 32.0 Å². The van der Waals surface area contributed by atoms with Crippen molar-refractivity contribution in [3.63, 3.8) is 0 Å². The Labute approximate surface area is 226 Å². The zero-order valence-electron chi connectivity index (χ0n) is 22.4. The van der Waals surface area contributed by atoms with Gasteiger partial charge in [0.2, 0.25) is 11.8 Å². The van der Waals surface area contributed by atoms with Crippen LogP contribution in [0.4, 0.5) is 10.1 Å². The van der Waals surface area contributed by atoms with Gasteiger partial charge in [0.15, 0.2) is 0 Å². The Bertz CT molecular complexity index is 1500. The van der Waals surface area contributed by atoms with Crippen LogP contribution in [-0.2, 0) is 9.59 Å². The number of hydrogen-bond acceptors (Lipinski definition) is 6. The van der Waals surface area contributed by atoms with Gasteiger partial charge in [0, 0.05) is 30.7 Å². The van der Waals surface area contributed by atoms with Crippen molar-refractivity contribution in [3.8, 4) is 45.5 Å². The number of halogens is 1. The fourth-order valence-electron chi connectivity index (χ4n) is 4.16. The number of hydrogen-bond donors (Lipinski definition) is 1. The van der Waals surface area contributed by atoms with Crippen LogP contribution in [0.5, 0.6) is 17.4 Å². The van der Waals surface area contributed by atoms with Gasteiger partial charge in [-0.25, -0.2) is 4.39 Å². The van der Waals surface area contributed by atoms with Gasteiger partial charge in [-0.05, 0) is 53.9 Å². The second kappa shape index (κ2) is 11.8. The molecule has 0 saturated heterocycles. The van der Waals surface area contributed by atoms with Crippen LogP contribution in [0, 0.1) is 11.7 Å². The first kappa shape index (κ1) is 27.4. The summed E-state index contributed by atoms with van der Waals surface area (Å²) in [5.41, 5.74) is 3.17. The molecule has 4 aromatic rings. The molecule has 0 saturated carbocycles. The number of aromatic nitrogens is 2. The molecule has 202 valence electrons. The molecule has 0 aliphatic carbocycles. The van der Waals surface area contributed by atoms with Gasteiger partial charge in [-0.3, -0.25) is 9.59 Å². The van der Waals surface area contributed by atoms with Crippen LogP contribution in [0.2, 0.25) is 0 Å². The second-order valence-corrected chi connectivity index (χ2v) is 9.30. The molecule has 1 heterocycles. The van der Waals surface area contributed by atoms with Crippen molar-refractivity contribution in [3.05, 3.63) is 72.5 Å². The molecular weight excluding hydrogens is 501 g/mol. The molecule has 0 aliphatic heterocycles. The van der Waals surface area contributed by atoms with Gasteiger partial charge >= 0.3 is 5.97 Å². The third-order valence-corrected chi connectivity index (χ3v) is 5.85. The Kier molecular flexibility index (Phi) is 8.29. The molecule has 1 N–H and O–H groups in total. The van der Waals surface area contributed by atoms with Gasteiger partial charge in [0.25, 0.3) is 0 Å². The number of carbonyl (C=O) groups excluding carboxylic acids is 2. The molecule has 0 atom stereocenters. The number of nitrogens with zero attached hydrogens (tertiary/aromatic N) is 2. The number of benzene rings is 3. The summed E-state index contributed by atoms with van der Waals surface area (Å²) in [6, 6.07) is 18.2. The van der Waals surface area contributed by atoms with E-state index in [1.54, 1.807) is 61.7 Å². The summed E-state index contributed by atoms with van der Waals surface area (Å²) < 4.78 is 32.3. The summed E-state index contributed by atoms with van der Waals surface area (Å²) in [4.78, 5) is 24.5. The summed E-state index contributed by atoms with van der Waals surface area (Å²) in [5.74, 6) is 0.280. The van der Waals surface area contributed by atoms with Crippen LogP contribution >= 0.6 is 0 Å². The number of carbonyl (C=O) groups is 2. The minimum atomic E-state index is -0.570. The first-order valence-corrected chi connectivity index (χ1v) is 12.4. The van der Waals surface area contributed by atoms with Gasteiger partial charge in [-0.2, -0.15) is 9.78 Å². The Morgan fingerprint density at radius 3 is 2.36 bits per heavy atom. The molecule has 39 heavy (non-hydrogen) atoms. The number of rotatable bonds is 9. The number of methoxy groups -OCH3 is 2. The summed E-state index contributed by atoms with van der Waals surface area (Å²) >= 11 is 0. The lowest BCUT2D eigenvalue weighted by Crippen LogP contribution is -2.13. The number of amides is 1.